The number of hydrogen-bond acceptors (Lipinski definition) is 0. The van der Waals surface area contributed by atoms with Gasteiger partial charge >= 0.3 is 0 Å². The second kappa shape index (κ2) is 8.06. The summed E-state index contributed by atoms with van der Waals surface area (Å²) in [5, 5.41) is 0. The van der Waals surface area contributed by atoms with Crippen LogP contribution in [-0.4, -0.2) is 32.7 Å². The fraction of sp³-hybridized carbons (Fsp3) is 0.900. The molecular formula is C10H25N+. The summed E-state index contributed by atoms with van der Waals surface area (Å²) in [6, 6.07) is 0. The molecule has 0 aliphatic heterocycles. The monoisotopic (exact) mass is 159 g/mol. The van der Waals surface area contributed by atoms with E-state index in [0.717, 1.165) is 10.9 Å². The second-order valence-corrected chi connectivity index (χ2v) is 4.24. The van der Waals surface area contributed by atoms with Crippen LogP contribution in [0.1, 0.15) is 32.6 Å². The maximum Gasteiger partial charge on any atom is 0.0675 e. The van der Waals surface area contributed by atoms with E-state index < -0.39 is 0 Å². The van der Waals surface area contributed by atoms with Gasteiger partial charge in [-0.3, -0.25) is 0 Å². The Balaban J connectivity index is 0. The minimum Gasteiger partial charge on any atom is -0.333 e. The van der Waals surface area contributed by atoms with Crippen LogP contribution in [0.3, 0.4) is 0 Å². The Morgan fingerprint density at radius 2 is 1.36 bits per heavy atom. The summed E-state index contributed by atoms with van der Waals surface area (Å²) in [5.41, 5.74) is 0. The maximum atomic E-state index is 3.72. The number of rotatable bonds is 3. The molecule has 0 N–H and O–H groups in total. The molecule has 1 heteroatoms. The van der Waals surface area contributed by atoms with E-state index in [1.165, 1.54) is 19.3 Å². The lowest BCUT2D eigenvalue weighted by Gasteiger charge is -2.14. The Kier molecular flexibility index (Phi) is 9.92. The molecule has 0 aromatic carbocycles. The zero-order valence-electron chi connectivity index (χ0n) is 8.98. The summed E-state index contributed by atoms with van der Waals surface area (Å²) < 4.78 is 1.00. The zero-order valence-corrected chi connectivity index (χ0v) is 8.98. The van der Waals surface area contributed by atoms with Gasteiger partial charge in [-0.15, -0.1) is 0 Å². The van der Waals surface area contributed by atoms with Gasteiger partial charge in [0.2, 0.25) is 0 Å². The standard InChI is InChI=1S/C6H13.C4H12N/c1-3-5-6-4-2;1-5(2,3)4/h1,3-6H2,2H3;1-4H3/q;+1. The lowest BCUT2D eigenvalue weighted by atomic mass is 10.2. The minimum absolute atomic E-state index is 1.00. The highest BCUT2D eigenvalue weighted by atomic mass is 15.2. The molecule has 1 radical (unpaired) electrons. The Bertz CT molecular complexity index is 51.8. The number of hydrogen-bond donors (Lipinski definition) is 0. The summed E-state index contributed by atoms with van der Waals surface area (Å²) in [6.07, 6.45) is 5.07. The number of nitrogens with zero attached hydrogens (tertiary/aromatic N) is 1. The van der Waals surface area contributed by atoms with Crippen molar-refractivity contribution < 1.29 is 4.48 Å². The van der Waals surface area contributed by atoms with Crippen molar-refractivity contribution in [2.45, 2.75) is 32.6 Å². The molecule has 0 aliphatic rings. The maximum absolute atomic E-state index is 3.72. The smallest absolute Gasteiger partial charge is 0.0675 e. The van der Waals surface area contributed by atoms with E-state index in [2.05, 4.69) is 42.0 Å². The fourth-order valence-electron chi connectivity index (χ4n) is 0.427. The zero-order chi connectivity index (χ0) is 9.33. The van der Waals surface area contributed by atoms with Crippen molar-refractivity contribution in [3.8, 4) is 0 Å². The van der Waals surface area contributed by atoms with Crippen LogP contribution < -0.4 is 0 Å². The number of unbranched alkanes of at least 4 members (excludes halogenated alkanes) is 3. The molecular weight excluding hydrogens is 134 g/mol. The molecule has 0 atom stereocenters. The van der Waals surface area contributed by atoms with Crippen LogP contribution in [0.2, 0.25) is 0 Å². The van der Waals surface area contributed by atoms with Gasteiger partial charge < -0.3 is 4.48 Å². The van der Waals surface area contributed by atoms with Crippen molar-refractivity contribution in [1.29, 1.82) is 0 Å². The van der Waals surface area contributed by atoms with Crippen LogP contribution in [0.15, 0.2) is 0 Å². The quantitative estimate of drug-likeness (QED) is 0.439. The third-order valence-electron chi connectivity index (χ3n) is 0.854. The van der Waals surface area contributed by atoms with E-state index >= 15 is 0 Å². The third kappa shape index (κ3) is 72.0. The van der Waals surface area contributed by atoms with Gasteiger partial charge in [-0.25, -0.2) is 0 Å². The molecule has 0 rings (SSSR count). The van der Waals surface area contributed by atoms with Crippen LogP contribution >= 0.6 is 0 Å². The van der Waals surface area contributed by atoms with Gasteiger partial charge in [0.1, 0.15) is 0 Å². The predicted molar refractivity (Wildman–Crippen MR) is 53.5 cm³/mol. The van der Waals surface area contributed by atoms with Gasteiger partial charge in [0, 0.05) is 0 Å². The summed E-state index contributed by atoms with van der Waals surface area (Å²) in [7, 11) is 8.50. The van der Waals surface area contributed by atoms with Crippen molar-refractivity contribution >= 4 is 0 Å². The molecule has 0 amide bonds. The molecule has 1 nitrogen and oxygen atoms in total. The molecule has 0 saturated heterocycles. The summed E-state index contributed by atoms with van der Waals surface area (Å²) >= 11 is 0. The Morgan fingerprint density at radius 3 is 1.45 bits per heavy atom. The van der Waals surface area contributed by atoms with Crippen LogP contribution in [0.4, 0.5) is 0 Å². The summed E-state index contributed by atoms with van der Waals surface area (Å²) in [6.45, 7) is 5.93. The van der Waals surface area contributed by atoms with Crippen molar-refractivity contribution in [1.82, 2.24) is 0 Å². The average molecular weight is 159 g/mol. The Hall–Kier alpha value is -0.0400. The minimum atomic E-state index is 1.00. The van der Waals surface area contributed by atoms with E-state index in [4.69, 9.17) is 0 Å². The fourth-order valence-corrected chi connectivity index (χ4v) is 0.427. The first kappa shape index (κ1) is 13.5. The first-order valence-electron chi connectivity index (χ1n) is 4.50. The molecule has 0 spiro atoms. The average Bonchev–Trinajstić information content (AvgIpc) is 1.79. The first-order valence-corrected chi connectivity index (χ1v) is 4.50. The molecule has 0 aliphatic carbocycles. The number of quaternary nitrogens is 1. The van der Waals surface area contributed by atoms with Crippen LogP contribution in [0.25, 0.3) is 0 Å². The highest BCUT2D eigenvalue weighted by molar-refractivity contribution is 4.38. The van der Waals surface area contributed by atoms with Gasteiger partial charge in [-0.2, -0.15) is 0 Å². The van der Waals surface area contributed by atoms with Crippen molar-refractivity contribution in [3.05, 3.63) is 6.92 Å². The molecule has 0 bridgehead atoms. The molecule has 0 fully saturated rings. The summed E-state index contributed by atoms with van der Waals surface area (Å²) in [5.74, 6) is 0. The lowest BCUT2D eigenvalue weighted by molar-refractivity contribution is -0.849. The van der Waals surface area contributed by atoms with E-state index in [-0.39, 0.29) is 0 Å². The van der Waals surface area contributed by atoms with Crippen molar-refractivity contribution in [2.75, 3.05) is 28.2 Å². The van der Waals surface area contributed by atoms with E-state index in [9.17, 15) is 0 Å². The van der Waals surface area contributed by atoms with Crippen LogP contribution in [-0.2, 0) is 0 Å². The van der Waals surface area contributed by atoms with Crippen LogP contribution in [0.5, 0.6) is 0 Å². The predicted octanol–water partition coefficient (Wildman–Crippen LogP) is 2.72. The van der Waals surface area contributed by atoms with Gasteiger partial charge in [0.15, 0.2) is 0 Å². The van der Waals surface area contributed by atoms with Gasteiger partial charge in [0.25, 0.3) is 0 Å². The van der Waals surface area contributed by atoms with E-state index in [1.807, 2.05) is 0 Å². The molecule has 0 aromatic heterocycles. The molecule has 0 unspecified atom stereocenters. The largest absolute Gasteiger partial charge is 0.333 e. The Labute approximate surface area is 73.0 Å². The first-order chi connectivity index (χ1) is 4.91. The molecule has 69 valence electrons. The Morgan fingerprint density at radius 1 is 1.00 bits per heavy atom. The molecule has 0 heterocycles. The molecule has 0 saturated carbocycles. The van der Waals surface area contributed by atoms with Gasteiger partial charge in [0.05, 0.1) is 28.2 Å². The third-order valence-corrected chi connectivity index (χ3v) is 0.854. The highest BCUT2D eigenvalue weighted by Crippen LogP contribution is 1.95. The van der Waals surface area contributed by atoms with E-state index in [1.54, 1.807) is 0 Å². The van der Waals surface area contributed by atoms with Crippen LogP contribution in [0, 0.1) is 6.92 Å². The van der Waals surface area contributed by atoms with Crippen molar-refractivity contribution in [3.63, 3.8) is 0 Å². The lowest BCUT2D eigenvalue weighted by Crippen LogP contribution is -2.27. The molecule has 0 aromatic rings. The SMILES string of the molecule is C[N+](C)(C)C.[CH2]CCCCC. The molecule has 11 heavy (non-hydrogen) atoms. The van der Waals surface area contributed by atoms with Gasteiger partial charge in [-0.1, -0.05) is 39.5 Å². The topological polar surface area (TPSA) is 0 Å². The van der Waals surface area contributed by atoms with Gasteiger partial charge in [-0.05, 0) is 0 Å². The second-order valence-electron chi connectivity index (χ2n) is 4.24. The highest BCUT2D eigenvalue weighted by Gasteiger charge is 1.88. The summed E-state index contributed by atoms with van der Waals surface area (Å²) in [4.78, 5) is 0. The normalized spacial score (nSPS) is 10.4. The van der Waals surface area contributed by atoms with E-state index in [0.29, 0.717) is 0 Å². The van der Waals surface area contributed by atoms with Crippen molar-refractivity contribution in [2.24, 2.45) is 0 Å².